The van der Waals surface area contributed by atoms with Crippen LogP contribution in [0.2, 0.25) is 0 Å². The molecule has 1 aliphatic rings. The van der Waals surface area contributed by atoms with Crippen molar-refractivity contribution in [1.29, 1.82) is 0 Å². The van der Waals surface area contributed by atoms with Crippen LogP contribution in [0.5, 0.6) is 5.75 Å². The summed E-state index contributed by atoms with van der Waals surface area (Å²) in [7, 11) is 0. The molecule has 1 fully saturated rings. The van der Waals surface area contributed by atoms with Crippen molar-refractivity contribution >= 4 is 16.9 Å². The number of benzene rings is 1. The molecule has 0 spiro atoms. The topological polar surface area (TPSA) is 114 Å². The van der Waals surface area contributed by atoms with Crippen LogP contribution in [0.15, 0.2) is 22.6 Å². The van der Waals surface area contributed by atoms with Crippen LogP contribution in [-0.2, 0) is 5.41 Å². The molecule has 0 saturated heterocycles. The molecule has 1 aromatic carbocycles. The molecule has 0 unspecified atom stereocenters. The first-order valence-electron chi connectivity index (χ1n) is 10.9. The maximum absolute atomic E-state index is 12.7. The van der Waals surface area contributed by atoms with E-state index in [1.165, 1.54) is 0 Å². The Morgan fingerprint density at radius 3 is 2.50 bits per heavy atom. The van der Waals surface area contributed by atoms with Crippen molar-refractivity contribution in [1.82, 2.24) is 15.2 Å². The summed E-state index contributed by atoms with van der Waals surface area (Å²) < 4.78 is 48.8. The van der Waals surface area contributed by atoms with Crippen molar-refractivity contribution < 1.29 is 32.5 Å². The van der Waals surface area contributed by atoms with Crippen molar-refractivity contribution in [2.24, 2.45) is 0 Å². The zero-order valence-corrected chi connectivity index (χ0v) is 19.3. The molecule has 184 valence electrons. The molecule has 8 nitrogen and oxygen atoms in total. The summed E-state index contributed by atoms with van der Waals surface area (Å²) in [6, 6.07) is 4.95. The van der Waals surface area contributed by atoms with Crippen molar-refractivity contribution in [3.63, 3.8) is 0 Å². The van der Waals surface area contributed by atoms with E-state index >= 15 is 0 Å². The Kier molecular flexibility index (Phi) is 5.97. The number of hydrogen-bond donors (Lipinski definition) is 3. The lowest BCUT2D eigenvalue weighted by atomic mass is 9.76. The fourth-order valence-corrected chi connectivity index (χ4v) is 4.04. The highest BCUT2D eigenvalue weighted by atomic mass is 19.4. The zero-order chi connectivity index (χ0) is 24.9. The second-order valence-electron chi connectivity index (χ2n) is 9.89. The van der Waals surface area contributed by atoms with Gasteiger partial charge in [0.1, 0.15) is 11.4 Å². The van der Waals surface area contributed by atoms with Crippen LogP contribution >= 0.6 is 0 Å². The Balaban J connectivity index is 1.66. The molecule has 11 heteroatoms. The maximum atomic E-state index is 12.7. The third-order valence-electron chi connectivity index (χ3n) is 5.82. The van der Waals surface area contributed by atoms with Crippen molar-refractivity contribution in [2.75, 3.05) is 18.5 Å². The molecule has 1 aliphatic carbocycles. The first-order chi connectivity index (χ1) is 15.8. The highest BCUT2D eigenvalue weighted by molar-refractivity contribution is 5.89. The molecule has 0 amide bonds. The predicted molar refractivity (Wildman–Crippen MR) is 119 cm³/mol. The average Bonchev–Trinajstić information content (AvgIpc) is 3.18. The predicted octanol–water partition coefficient (Wildman–Crippen LogP) is 4.13. The van der Waals surface area contributed by atoms with Crippen LogP contribution in [0.25, 0.3) is 22.5 Å². The van der Waals surface area contributed by atoms with Gasteiger partial charge >= 0.3 is 12.2 Å². The Hall–Kier alpha value is -2.92. The van der Waals surface area contributed by atoms with Gasteiger partial charge in [-0.3, -0.25) is 0 Å². The van der Waals surface area contributed by atoms with Crippen molar-refractivity contribution in [3.8, 4) is 17.3 Å². The Morgan fingerprint density at radius 1 is 1.18 bits per heavy atom. The van der Waals surface area contributed by atoms with Crippen molar-refractivity contribution in [3.05, 3.63) is 29.3 Å². The third-order valence-corrected chi connectivity index (χ3v) is 5.82. The van der Waals surface area contributed by atoms with Crippen LogP contribution in [-0.4, -0.2) is 56.4 Å². The van der Waals surface area contributed by atoms with Gasteiger partial charge in [-0.15, -0.1) is 5.10 Å². The van der Waals surface area contributed by atoms with E-state index < -0.39 is 23.8 Å². The van der Waals surface area contributed by atoms with E-state index in [-0.39, 0.29) is 30.3 Å². The summed E-state index contributed by atoms with van der Waals surface area (Å²) in [5, 5.41) is 30.9. The SMILES string of the molecule is Cc1cc(-c2nnc(N[C@H]3C[C@@](O)(CO)C3)o2)nc2c(C(C)(C)C)cc(OCC(F)(F)F)cc12. The number of nitrogens with one attached hydrogen (secondary N) is 1. The van der Waals surface area contributed by atoms with Crippen LogP contribution in [0.3, 0.4) is 0 Å². The second-order valence-corrected chi connectivity index (χ2v) is 9.89. The number of anilines is 1. The smallest absolute Gasteiger partial charge is 0.422 e. The summed E-state index contributed by atoms with van der Waals surface area (Å²) in [5.41, 5.74) is 1.03. The van der Waals surface area contributed by atoms with Gasteiger partial charge in [0.15, 0.2) is 6.61 Å². The van der Waals surface area contributed by atoms with E-state index in [1.807, 2.05) is 27.7 Å². The number of alkyl halides is 3. The highest BCUT2D eigenvalue weighted by Gasteiger charge is 2.42. The van der Waals surface area contributed by atoms with E-state index in [1.54, 1.807) is 18.2 Å². The molecule has 0 aliphatic heterocycles. The third kappa shape index (κ3) is 5.10. The number of aryl methyl sites for hydroxylation is 1. The molecule has 3 N–H and O–H groups in total. The first kappa shape index (κ1) is 24.2. The Labute approximate surface area is 194 Å². The number of aromatic nitrogens is 3. The quantitative estimate of drug-likeness (QED) is 0.483. The minimum Gasteiger partial charge on any atom is -0.484 e. The molecule has 4 rings (SSSR count). The molecule has 3 aromatic rings. The molecule has 1 saturated carbocycles. The fourth-order valence-electron chi connectivity index (χ4n) is 4.04. The largest absolute Gasteiger partial charge is 0.484 e. The Bertz CT molecular complexity index is 1200. The number of fused-ring (bicyclic) bond motifs is 1. The zero-order valence-electron chi connectivity index (χ0n) is 19.3. The van der Waals surface area contributed by atoms with E-state index in [0.29, 0.717) is 29.4 Å². The standard InChI is InChI=1S/C23H27F3N4O4/c1-12-5-17(19-29-30-20(34-19)27-13-8-22(32,9-13)10-31)28-18-15(12)6-14(33-11-23(24,25)26)7-16(18)21(2,3)4/h5-7,13,31-32H,8-11H2,1-4H3,(H,27,30)/t13-,22-. The van der Waals surface area contributed by atoms with Crippen LogP contribution < -0.4 is 10.1 Å². The lowest BCUT2D eigenvalue weighted by molar-refractivity contribution is -0.153. The normalized spacial score (nSPS) is 20.9. The summed E-state index contributed by atoms with van der Waals surface area (Å²) >= 11 is 0. The monoisotopic (exact) mass is 480 g/mol. The maximum Gasteiger partial charge on any atom is 0.422 e. The number of nitrogens with zero attached hydrogens (tertiary/aromatic N) is 3. The number of rotatable bonds is 6. The van der Waals surface area contributed by atoms with Gasteiger partial charge in [-0.1, -0.05) is 25.9 Å². The summed E-state index contributed by atoms with van der Waals surface area (Å²) in [4.78, 5) is 4.71. The molecule has 2 aromatic heterocycles. The molecule has 0 atom stereocenters. The Morgan fingerprint density at radius 2 is 1.88 bits per heavy atom. The molecular formula is C23H27F3N4O4. The highest BCUT2D eigenvalue weighted by Crippen LogP contribution is 2.37. The number of ether oxygens (including phenoxy) is 1. The van der Waals surface area contributed by atoms with Gasteiger partial charge in [-0.25, -0.2) is 4.98 Å². The van der Waals surface area contributed by atoms with Gasteiger partial charge in [0.25, 0.3) is 5.89 Å². The van der Waals surface area contributed by atoms with Crippen LogP contribution in [0.4, 0.5) is 19.2 Å². The number of hydrogen-bond acceptors (Lipinski definition) is 8. The summed E-state index contributed by atoms with van der Waals surface area (Å²) in [5.74, 6) is 0.307. The number of pyridine rings is 1. The van der Waals surface area contributed by atoms with E-state index in [9.17, 15) is 18.3 Å². The first-order valence-corrected chi connectivity index (χ1v) is 10.9. The van der Waals surface area contributed by atoms with Crippen LogP contribution in [0.1, 0.15) is 44.7 Å². The van der Waals surface area contributed by atoms with Gasteiger partial charge in [-0.2, -0.15) is 13.2 Å². The lowest BCUT2D eigenvalue weighted by Gasteiger charge is -2.42. The average molecular weight is 480 g/mol. The van der Waals surface area contributed by atoms with E-state index in [0.717, 1.165) is 11.1 Å². The van der Waals surface area contributed by atoms with Gasteiger partial charge in [0, 0.05) is 11.4 Å². The fraction of sp³-hybridized carbons (Fsp3) is 0.522. The summed E-state index contributed by atoms with van der Waals surface area (Å²) in [6.45, 7) is 5.98. The second kappa shape index (κ2) is 8.38. The van der Waals surface area contributed by atoms with Gasteiger partial charge in [0.05, 0.1) is 17.7 Å². The van der Waals surface area contributed by atoms with Crippen LogP contribution in [0, 0.1) is 6.92 Å². The van der Waals surface area contributed by atoms with Gasteiger partial charge in [0.2, 0.25) is 0 Å². The van der Waals surface area contributed by atoms with Gasteiger partial charge in [-0.05, 0) is 54.5 Å². The summed E-state index contributed by atoms with van der Waals surface area (Å²) in [6.07, 6.45) is -3.71. The molecule has 0 bridgehead atoms. The number of aliphatic hydroxyl groups is 2. The molecule has 0 radical (unpaired) electrons. The lowest BCUT2D eigenvalue weighted by Crippen LogP contribution is -2.53. The van der Waals surface area contributed by atoms with Gasteiger partial charge < -0.3 is 24.7 Å². The number of aliphatic hydroxyl groups excluding tert-OH is 1. The van der Waals surface area contributed by atoms with Crippen molar-refractivity contribution in [2.45, 2.75) is 63.8 Å². The minimum absolute atomic E-state index is 0.0978. The number of halogens is 3. The minimum atomic E-state index is -4.44. The molecule has 34 heavy (non-hydrogen) atoms. The molecule has 2 heterocycles. The van der Waals surface area contributed by atoms with E-state index in [4.69, 9.17) is 19.2 Å². The van der Waals surface area contributed by atoms with E-state index in [2.05, 4.69) is 15.5 Å². The molecular weight excluding hydrogens is 453 g/mol.